The van der Waals surface area contributed by atoms with E-state index in [1.165, 1.54) is 23.1 Å². The molecule has 2 aromatic rings. The molecule has 0 atom stereocenters. The number of hydrogen-bond acceptors (Lipinski definition) is 7. The summed E-state index contributed by atoms with van der Waals surface area (Å²) in [5.74, 6) is 0.0482. The fourth-order valence-electron chi connectivity index (χ4n) is 1.54. The number of aromatic nitrogens is 3. The van der Waals surface area contributed by atoms with E-state index in [9.17, 15) is 0 Å². The average molecular weight is 281 g/mol. The van der Waals surface area contributed by atoms with Gasteiger partial charge in [-0.3, -0.25) is 4.98 Å². The molecule has 2 aromatic heterocycles. The minimum atomic E-state index is 0.0482. The zero-order valence-corrected chi connectivity index (χ0v) is 11.4. The summed E-state index contributed by atoms with van der Waals surface area (Å²) < 4.78 is 0.798. The van der Waals surface area contributed by atoms with E-state index in [2.05, 4.69) is 20.3 Å². The van der Waals surface area contributed by atoms with Gasteiger partial charge in [0.1, 0.15) is 5.51 Å². The lowest BCUT2D eigenvalue weighted by atomic mass is 10.1. The molecule has 0 radical (unpaired) electrons. The predicted molar refractivity (Wildman–Crippen MR) is 70.3 cm³/mol. The third-order valence-electron chi connectivity index (χ3n) is 2.19. The van der Waals surface area contributed by atoms with Crippen molar-refractivity contribution in [2.24, 2.45) is 10.9 Å². The second-order valence-electron chi connectivity index (χ2n) is 3.51. The Kier molecular flexibility index (Phi) is 3.78. The van der Waals surface area contributed by atoms with E-state index >= 15 is 0 Å². The maximum absolute atomic E-state index is 8.83. The summed E-state index contributed by atoms with van der Waals surface area (Å²) in [7, 11) is 0. The molecule has 0 amide bonds. The van der Waals surface area contributed by atoms with Crippen LogP contribution < -0.4 is 5.73 Å². The third kappa shape index (κ3) is 2.59. The van der Waals surface area contributed by atoms with Crippen molar-refractivity contribution in [3.05, 3.63) is 28.5 Å². The Hall–Kier alpha value is -1.67. The average Bonchev–Trinajstić information content (AvgIpc) is 2.80. The topological polar surface area (TPSA) is 97.3 Å². The second kappa shape index (κ2) is 5.32. The monoisotopic (exact) mass is 281 g/mol. The molecule has 0 unspecified atom stereocenters. The van der Waals surface area contributed by atoms with Crippen LogP contribution in [0, 0.1) is 13.8 Å². The van der Waals surface area contributed by atoms with Gasteiger partial charge in [-0.05, 0) is 19.9 Å². The van der Waals surface area contributed by atoms with Crippen LogP contribution in [-0.2, 0) is 0 Å². The maximum atomic E-state index is 8.83. The van der Waals surface area contributed by atoms with E-state index in [-0.39, 0.29) is 5.84 Å². The summed E-state index contributed by atoms with van der Waals surface area (Å²) in [5.41, 5.74) is 9.57. The van der Waals surface area contributed by atoms with Crippen LogP contribution in [0.2, 0.25) is 0 Å². The molecule has 0 fully saturated rings. The van der Waals surface area contributed by atoms with Gasteiger partial charge in [0.05, 0.1) is 5.56 Å². The Bertz CT molecular complexity index is 582. The van der Waals surface area contributed by atoms with Gasteiger partial charge in [-0.25, -0.2) is 0 Å². The highest BCUT2D eigenvalue weighted by Gasteiger charge is 2.15. The Morgan fingerprint density at radius 3 is 2.89 bits per heavy atom. The zero-order chi connectivity index (χ0) is 13.1. The van der Waals surface area contributed by atoms with Crippen LogP contribution in [0.15, 0.2) is 26.0 Å². The molecule has 0 saturated heterocycles. The van der Waals surface area contributed by atoms with Gasteiger partial charge in [0.25, 0.3) is 0 Å². The van der Waals surface area contributed by atoms with Crippen LogP contribution >= 0.6 is 23.1 Å². The predicted octanol–water partition coefficient (Wildman–Crippen LogP) is 1.80. The van der Waals surface area contributed by atoms with Gasteiger partial charge < -0.3 is 10.9 Å². The van der Waals surface area contributed by atoms with Crippen LogP contribution in [0.1, 0.15) is 17.0 Å². The molecule has 0 saturated carbocycles. The zero-order valence-electron chi connectivity index (χ0n) is 9.78. The van der Waals surface area contributed by atoms with E-state index in [1.54, 1.807) is 5.51 Å². The first-order valence-electron chi connectivity index (χ1n) is 5.02. The highest BCUT2D eigenvalue weighted by Crippen LogP contribution is 2.32. The summed E-state index contributed by atoms with van der Waals surface area (Å²) >= 11 is 2.86. The third-order valence-corrected chi connectivity index (χ3v) is 4.01. The number of hydrogen-bond donors (Lipinski definition) is 2. The lowest BCUT2D eigenvalue weighted by Gasteiger charge is -2.10. The first-order valence-corrected chi connectivity index (χ1v) is 6.71. The van der Waals surface area contributed by atoms with E-state index in [0.717, 1.165) is 20.6 Å². The number of aryl methyl sites for hydroxylation is 2. The molecule has 2 rings (SSSR count). The number of amidine groups is 1. The van der Waals surface area contributed by atoms with Crippen LogP contribution in [-0.4, -0.2) is 26.2 Å². The summed E-state index contributed by atoms with van der Waals surface area (Å²) in [6, 6.07) is 1.88. The molecule has 0 aliphatic heterocycles. The van der Waals surface area contributed by atoms with Gasteiger partial charge in [-0.15, -0.1) is 10.2 Å². The van der Waals surface area contributed by atoms with Gasteiger partial charge in [0.2, 0.25) is 0 Å². The Morgan fingerprint density at radius 1 is 1.50 bits per heavy atom. The SMILES string of the molecule is Cc1cc(Sc2nncs2)c(/C(N)=N/O)c(C)n1. The van der Waals surface area contributed by atoms with E-state index in [4.69, 9.17) is 10.9 Å². The molecule has 6 nitrogen and oxygen atoms in total. The molecule has 2 heterocycles. The minimum Gasteiger partial charge on any atom is -0.409 e. The Labute approximate surface area is 112 Å². The van der Waals surface area contributed by atoms with Crippen LogP contribution in [0.5, 0.6) is 0 Å². The van der Waals surface area contributed by atoms with Gasteiger partial charge >= 0.3 is 0 Å². The van der Waals surface area contributed by atoms with Crippen molar-refractivity contribution in [1.82, 2.24) is 15.2 Å². The normalized spacial score (nSPS) is 11.8. The summed E-state index contributed by atoms with van der Waals surface area (Å²) in [4.78, 5) is 5.17. The number of nitrogens with zero attached hydrogens (tertiary/aromatic N) is 4. The molecule has 0 aliphatic carbocycles. The first-order chi connectivity index (χ1) is 8.61. The standard InChI is InChI=1S/C10H11N5OS2/c1-5-3-7(18-10-14-12-4-17-10)8(6(2)13-5)9(11)15-16/h3-4,16H,1-2H3,(H2,11,15). The first kappa shape index (κ1) is 12.8. The van der Waals surface area contributed by atoms with Crippen molar-refractivity contribution >= 4 is 28.9 Å². The second-order valence-corrected chi connectivity index (χ2v) is 5.64. The molecule has 3 N–H and O–H groups in total. The van der Waals surface area contributed by atoms with Gasteiger partial charge in [0, 0.05) is 16.3 Å². The van der Waals surface area contributed by atoms with Crippen molar-refractivity contribution in [3.63, 3.8) is 0 Å². The highest BCUT2D eigenvalue weighted by atomic mass is 32.2. The molecule has 18 heavy (non-hydrogen) atoms. The lowest BCUT2D eigenvalue weighted by Crippen LogP contribution is -2.17. The largest absolute Gasteiger partial charge is 0.409 e. The Balaban J connectivity index is 2.50. The van der Waals surface area contributed by atoms with E-state index < -0.39 is 0 Å². The number of rotatable bonds is 3. The van der Waals surface area contributed by atoms with Gasteiger partial charge in [0.15, 0.2) is 10.2 Å². The molecule has 0 aromatic carbocycles. The maximum Gasteiger partial charge on any atom is 0.178 e. The number of nitrogens with two attached hydrogens (primary N) is 1. The molecule has 0 bridgehead atoms. The van der Waals surface area contributed by atoms with Crippen LogP contribution in [0.4, 0.5) is 0 Å². The van der Waals surface area contributed by atoms with Gasteiger partial charge in [-0.2, -0.15) is 0 Å². The van der Waals surface area contributed by atoms with E-state index in [1.807, 2.05) is 19.9 Å². The number of oxime groups is 1. The van der Waals surface area contributed by atoms with Crippen molar-refractivity contribution < 1.29 is 5.21 Å². The minimum absolute atomic E-state index is 0.0482. The lowest BCUT2D eigenvalue weighted by molar-refractivity contribution is 0.318. The smallest absolute Gasteiger partial charge is 0.178 e. The fraction of sp³-hybridized carbons (Fsp3) is 0.200. The molecular weight excluding hydrogens is 270 g/mol. The van der Waals surface area contributed by atoms with Crippen molar-refractivity contribution in [2.45, 2.75) is 23.1 Å². The molecule has 8 heteroatoms. The van der Waals surface area contributed by atoms with Crippen molar-refractivity contribution in [1.29, 1.82) is 0 Å². The summed E-state index contributed by atoms with van der Waals surface area (Å²) in [6.45, 7) is 3.72. The van der Waals surface area contributed by atoms with Crippen molar-refractivity contribution in [3.8, 4) is 0 Å². The van der Waals surface area contributed by atoms with Crippen LogP contribution in [0.25, 0.3) is 0 Å². The summed E-state index contributed by atoms with van der Waals surface area (Å²) in [6.07, 6.45) is 0. The van der Waals surface area contributed by atoms with Crippen molar-refractivity contribution in [2.75, 3.05) is 0 Å². The highest BCUT2D eigenvalue weighted by molar-refractivity contribution is 8.01. The molecule has 0 aliphatic rings. The molecular formula is C10H11N5OS2. The summed E-state index contributed by atoms with van der Waals surface area (Å²) in [5, 5.41) is 19.6. The fourth-order valence-corrected chi connectivity index (χ4v) is 3.27. The number of pyridine rings is 1. The van der Waals surface area contributed by atoms with E-state index in [0.29, 0.717) is 5.56 Å². The van der Waals surface area contributed by atoms with Gasteiger partial charge in [-0.1, -0.05) is 28.3 Å². The quantitative estimate of drug-likeness (QED) is 0.385. The van der Waals surface area contributed by atoms with Crippen LogP contribution in [0.3, 0.4) is 0 Å². The molecule has 0 spiro atoms. The Morgan fingerprint density at radius 2 is 2.28 bits per heavy atom. The molecule has 94 valence electrons.